The lowest BCUT2D eigenvalue weighted by Gasteiger charge is -2.17. The Morgan fingerprint density at radius 3 is 2.65 bits per heavy atom. The number of para-hydroxylation sites is 1. The van der Waals surface area contributed by atoms with Crippen molar-refractivity contribution in [2.75, 3.05) is 28.8 Å². The zero-order chi connectivity index (χ0) is 21.8. The molecule has 7 nitrogen and oxygen atoms in total. The van der Waals surface area contributed by atoms with E-state index in [1.165, 1.54) is 11.8 Å². The molecule has 0 atom stereocenters. The smallest absolute Gasteiger partial charge is 0.257 e. The lowest BCUT2D eigenvalue weighted by Crippen LogP contribution is -2.20. The standard InChI is InChI=1S/C23H19N3O4S/c1-30-16-6-4-5-15(12-16)24-23(29)17-7-2-3-8-18(17)26-22(28)14-9-10-20-19(11-14)25-21(27)13-31-20/h2-12H,13H2,1H3,(H,24,29)(H,25,27)(H,26,28). The molecule has 0 aromatic heterocycles. The summed E-state index contributed by atoms with van der Waals surface area (Å²) in [5.41, 5.74) is 2.26. The van der Waals surface area contributed by atoms with Gasteiger partial charge >= 0.3 is 0 Å². The Labute approximate surface area is 183 Å². The highest BCUT2D eigenvalue weighted by Gasteiger charge is 2.19. The van der Waals surface area contributed by atoms with Crippen LogP contribution in [0.3, 0.4) is 0 Å². The number of carbonyl (C=O) groups excluding carboxylic acids is 3. The molecule has 1 aliphatic rings. The summed E-state index contributed by atoms with van der Waals surface area (Å²) in [7, 11) is 1.55. The van der Waals surface area contributed by atoms with E-state index in [9.17, 15) is 14.4 Å². The van der Waals surface area contributed by atoms with Crippen LogP contribution in [0.2, 0.25) is 0 Å². The van der Waals surface area contributed by atoms with Crippen molar-refractivity contribution in [2.45, 2.75) is 4.90 Å². The highest BCUT2D eigenvalue weighted by Crippen LogP contribution is 2.32. The first-order valence-corrected chi connectivity index (χ1v) is 10.4. The monoisotopic (exact) mass is 433 g/mol. The summed E-state index contributed by atoms with van der Waals surface area (Å²) in [6.07, 6.45) is 0. The fraction of sp³-hybridized carbons (Fsp3) is 0.0870. The molecule has 3 aromatic carbocycles. The predicted octanol–water partition coefficient (Wildman–Crippen LogP) is 4.24. The Morgan fingerprint density at radius 1 is 0.968 bits per heavy atom. The van der Waals surface area contributed by atoms with Gasteiger partial charge in [0.2, 0.25) is 5.91 Å². The maximum atomic E-state index is 12.8. The van der Waals surface area contributed by atoms with E-state index in [4.69, 9.17) is 4.74 Å². The van der Waals surface area contributed by atoms with Crippen molar-refractivity contribution < 1.29 is 19.1 Å². The van der Waals surface area contributed by atoms with Gasteiger partial charge in [-0.15, -0.1) is 11.8 Å². The van der Waals surface area contributed by atoms with Crippen LogP contribution in [-0.4, -0.2) is 30.6 Å². The van der Waals surface area contributed by atoms with Crippen LogP contribution in [0, 0.1) is 0 Å². The number of fused-ring (bicyclic) bond motifs is 1. The minimum Gasteiger partial charge on any atom is -0.497 e. The third kappa shape index (κ3) is 4.70. The second-order valence-corrected chi connectivity index (χ2v) is 7.75. The average Bonchev–Trinajstić information content (AvgIpc) is 2.79. The normalized spacial score (nSPS) is 12.4. The van der Waals surface area contributed by atoms with Crippen LogP contribution in [0.5, 0.6) is 5.75 Å². The molecule has 0 unspecified atom stereocenters. The van der Waals surface area contributed by atoms with Crippen molar-refractivity contribution in [1.29, 1.82) is 0 Å². The second-order valence-electron chi connectivity index (χ2n) is 6.73. The number of hydrogen-bond acceptors (Lipinski definition) is 5. The molecule has 0 aliphatic carbocycles. The third-order valence-electron chi connectivity index (χ3n) is 4.62. The third-order valence-corrected chi connectivity index (χ3v) is 5.70. The van der Waals surface area contributed by atoms with Gasteiger partial charge in [0, 0.05) is 22.2 Å². The highest BCUT2D eigenvalue weighted by atomic mass is 32.2. The molecule has 1 heterocycles. The Kier molecular flexibility index (Phi) is 5.90. The Hall–Kier alpha value is -3.78. The fourth-order valence-electron chi connectivity index (χ4n) is 3.11. The largest absolute Gasteiger partial charge is 0.497 e. The first-order chi connectivity index (χ1) is 15.0. The molecule has 0 bridgehead atoms. The van der Waals surface area contributed by atoms with Crippen LogP contribution in [-0.2, 0) is 4.79 Å². The van der Waals surface area contributed by atoms with E-state index in [1.54, 1.807) is 73.8 Å². The van der Waals surface area contributed by atoms with Crippen molar-refractivity contribution in [2.24, 2.45) is 0 Å². The summed E-state index contributed by atoms with van der Waals surface area (Å²) in [5, 5.41) is 8.37. The molecule has 3 amide bonds. The molecular formula is C23H19N3O4S. The van der Waals surface area contributed by atoms with Crippen molar-refractivity contribution in [3.8, 4) is 5.75 Å². The van der Waals surface area contributed by atoms with Gasteiger partial charge in [-0.2, -0.15) is 0 Å². The average molecular weight is 433 g/mol. The number of rotatable bonds is 5. The van der Waals surface area contributed by atoms with Crippen LogP contribution in [0.15, 0.2) is 71.6 Å². The summed E-state index contributed by atoms with van der Waals surface area (Å²) < 4.78 is 5.18. The number of carbonyl (C=O) groups is 3. The second kappa shape index (κ2) is 8.93. The summed E-state index contributed by atoms with van der Waals surface area (Å²) >= 11 is 1.43. The molecule has 0 saturated carbocycles. The highest BCUT2D eigenvalue weighted by molar-refractivity contribution is 8.00. The number of methoxy groups -OCH3 is 1. The Bertz CT molecular complexity index is 1180. The number of anilines is 3. The summed E-state index contributed by atoms with van der Waals surface area (Å²) in [6, 6.07) is 18.9. The molecule has 0 fully saturated rings. The van der Waals surface area contributed by atoms with E-state index in [2.05, 4.69) is 16.0 Å². The van der Waals surface area contributed by atoms with Crippen molar-refractivity contribution in [3.05, 3.63) is 77.9 Å². The molecule has 0 radical (unpaired) electrons. The number of ether oxygens (including phenoxy) is 1. The van der Waals surface area contributed by atoms with E-state index in [0.29, 0.717) is 39.7 Å². The molecular weight excluding hydrogens is 414 g/mol. The topological polar surface area (TPSA) is 96.5 Å². The molecule has 0 saturated heterocycles. The molecule has 4 rings (SSSR count). The van der Waals surface area contributed by atoms with Gasteiger partial charge < -0.3 is 20.7 Å². The van der Waals surface area contributed by atoms with Gasteiger partial charge in [0.25, 0.3) is 11.8 Å². The lowest BCUT2D eigenvalue weighted by atomic mass is 10.1. The van der Waals surface area contributed by atoms with Gasteiger partial charge in [-0.25, -0.2) is 0 Å². The zero-order valence-corrected chi connectivity index (χ0v) is 17.4. The molecule has 0 spiro atoms. The number of thioether (sulfide) groups is 1. The van der Waals surface area contributed by atoms with E-state index < -0.39 is 0 Å². The molecule has 3 N–H and O–H groups in total. The van der Waals surface area contributed by atoms with Crippen molar-refractivity contribution in [1.82, 2.24) is 0 Å². The van der Waals surface area contributed by atoms with Crippen LogP contribution in [0.1, 0.15) is 20.7 Å². The summed E-state index contributed by atoms with van der Waals surface area (Å²) in [4.78, 5) is 38.2. The maximum Gasteiger partial charge on any atom is 0.257 e. The van der Waals surface area contributed by atoms with E-state index in [1.807, 2.05) is 0 Å². The predicted molar refractivity (Wildman–Crippen MR) is 121 cm³/mol. The van der Waals surface area contributed by atoms with Gasteiger partial charge in [0.05, 0.1) is 29.8 Å². The number of nitrogens with one attached hydrogen (secondary N) is 3. The molecule has 8 heteroatoms. The van der Waals surface area contributed by atoms with E-state index >= 15 is 0 Å². The quantitative estimate of drug-likeness (QED) is 0.559. The number of hydrogen-bond donors (Lipinski definition) is 3. The van der Waals surface area contributed by atoms with Crippen LogP contribution in [0.25, 0.3) is 0 Å². The van der Waals surface area contributed by atoms with Gasteiger partial charge in [-0.1, -0.05) is 18.2 Å². The zero-order valence-electron chi connectivity index (χ0n) is 16.6. The minimum atomic E-state index is -0.380. The Balaban J connectivity index is 1.53. The maximum absolute atomic E-state index is 12.8. The van der Waals surface area contributed by atoms with E-state index in [-0.39, 0.29) is 17.7 Å². The van der Waals surface area contributed by atoms with Gasteiger partial charge in [0.15, 0.2) is 0 Å². The fourth-order valence-corrected chi connectivity index (χ4v) is 3.90. The number of amides is 3. The first kappa shape index (κ1) is 20.5. The minimum absolute atomic E-state index is 0.102. The SMILES string of the molecule is COc1cccc(NC(=O)c2ccccc2NC(=O)c2ccc3c(c2)NC(=O)CS3)c1. The molecule has 3 aromatic rings. The van der Waals surface area contributed by atoms with Crippen LogP contribution in [0.4, 0.5) is 17.1 Å². The molecule has 31 heavy (non-hydrogen) atoms. The van der Waals surface area contributed by atoms with Gasteiger partial charge in [-0.3, -0.25) is 14.4 Å². The van der Waals surface area contributed by atoms with Gasteiger partial charge in [-0.05, 0) is 42.5 Å². The molecule has 1 aliphatic heterocycles. The van der Waals surface area contributed by atoms with Crippen molar-refractivity contribution in [3.63, 3.8) is 0 Å². The Morgan fingerprint density at radius 2 is 1.81 bits per heavy atom. The molecule has 156 valence electrons. The van der Waals surface area contributed by atoms with Crippen molar-refractivity contribution >= 4 is 46.5 Å². The van der Waals surface area contributed by atoms with Crippen LogP contribution < -0.4 is 20.7 Å². The number of benzene rings is 3. The first-order valence-electron chi connectivity index (χ1n) is 9.46. The summed E-state index contributed by atoms with van der Waals surface area (Å²) in [6.45, 7) is 0. The van der Waals surface area contributed by atoms with E-state index in [0.717, 1.165) is 4.90 Å². The lowest BCUT2D eigenvalue weighted by molar-refractivity contribution is -0.113. The van der Waals surface area contributed by atoms with Gasteiger partial charge in [0.1, 0.15) is 5.75 Å². The van der Waals surface area contributed by atoms with Crippen LogP contribution >= 0.6 is 11.8 Å². The summed E-state index contributed by atoms with van der Waals surface area (Å²) in [5.74, 6) is 0.132.